The lowest BCUT2D eigenvalue weighted by atomic mass is 10.2. The molecule has 0 atom stereocenters. The van der Waals surface area contributed by atoms with Gasteiger partial charge in [0.25, 0.3) is 0 Å². The van der Waals surface area contributed by atoms with Gasteiger partial charge in [-0.05, 0) is 18.2 Å². The molecule has 2 heterocycles. The Hall–Kier alpha value is -2.24. The molecule has 3 aromatic rings. The minimum atomic E-state index is -0.416. The molecule has 0 spiro atoms. The number of ether oxygens (including phenoxy) is 1. The maximum atomic E-state index is 11.8. The topological polar surface area (TPSA) is 52.1 Å². The second kappa shape index (κ2) is 6.68. The quantitative estimate of drug-likeness (QED) is 0.672. The zero-order valence-corrected chi connectivity index (χ0v) is 13.0. The minimum absolute atomic E-state index is 0.120. The van der Waals surface area contributed by atoms with Gasteiger partial charge in [0.15, 0.2) is 0 Å². The van der Waals surface area contributed by atoms with Crippen molar-refractivity contribution in [2.45, 2.75) is 6.61 Å². The summed E-state index contributed by atoms with van der Waals surface area (Å²) < 4.78 is 5.23. The molecule has 0 radical (unpaired) electrons. The summed E-state index contributed by atoms with van der Waals surface area (Å²) in [5, 5.41) is 3.31. The normalized spacial score (nSPS) is 10.4. The number of halogens is 1. The Morgan fingerprint density at radius 3 is 2.86 bits per heavy atom. The number of benzene rings is 1. The summed E-state index contributed by atoms with van der Waals surface area (Å²) >= 11 is 7.62. The second-order valence-electron chi connectivity index (χ2n) is 4.44. The van der Waals surface area contributed by atoms with Crippen molar-refractivity contribution in [1.82, 2.24) is 9.97 Å². The number of aromatic nitrogens is 2. The van der Waals surface area contributed by atoms with Crippen LogP contribution in [-0.2, 0) is 11.3 Å². The number of hydrogen-bond donors (Lipinski definition) is 0. The molecule has 0 unspecified atom stereocenters. The van der Waals surface area contributed by atoms with E-state index in [9.17, 15) is 4.79 Å². The molecule has 2 aromatic heterocycles. The smallest absolute Gasteiger partial charge is 0.340 e. The Morgan fingerprint density at radius 1 is 1.23 bits per heavy atom. The van der Waals surface area contributed by atoms with Crippen molar-refractivity contribution in [1.29, 1.82) is 0 Å². The van der Waals surface area contributed by atoms with Gasteiger partial charge in [-0.25, -0.2) is 9.78 Å². The first-order valence-corrected chi connectivity index (χ1v) is 7.76. The standard InChI is InChI=1S/C16H11ClN2O2S/c17-14-6-2-1-5-13(14)15-19-12(10-22-15)9-21-16(20)11-4-3-7-18-8-11/h1-8,10H,9H2. The highest BCUT2D eigenvalue weighted by Gasteiger charge is 2.11. The van der Waals surface area contributed by atoms with Gasteiger partial charge in [0, 0.05) is 23.3 Å². The van der Waals surface area contributed by atoms with Gasteiger partial charge in [-0.2, -0.15) is 0 Å². The van der Waals surface area contributed by atoms with Crippen LogP contribution in [0.3, 0.4) is 0 Å². The molecular formula is C16H11ClN2O2S. The van der Waals surface area contributed by atoms with E-state index in [0.717, 1.165) is 10.6 Å². The molecule has 0 N–H and O–H groups in total. The number of carbonyl (C=O) groups is 1. The summed E-state index contributed by atoms with van der Waals surface area (Å²) in [6.45, 7) is 0.120. The Bertz CT molecular complexity index is 790. The Labute approximate surface area is 136 Å². The van der Waals surface area contributed by atoms with Crippen LogP contribution in [0.25, 0.3) is 10.6 Å². The van der Waals surface area contributed by atoms with Crippen LogP contribution in [0.5, 0.6) is 0 Å². The van der Waals surface area contributed by atoms with E-state index in [4.69, 9.17) is 16.3 Å². The van der Waals surface area contributed by atoms with Crippen molar-refractivity contribution in [3.63, 3.8) is 0 Å². The van der Waals surface area contributed by atoms with Crippen molar-refractivity contribution in [3.8, 4) is 10.6 Å². The number of carbonyl (C=O) groups excluding carboxylic acids is 1. The lowest BCUT2D eigenvalue weighted by Crippen LogP contribution is -2.05. The zero-order valence-electron chi connectivity index (χ0n) is 11.4. The fourth-order valence-corrected chi connectivity index (χ4v) is 2.96. The van der Waals surface area contributed by atoms with Gasteiger partial charge in [0.2, 0.25) is 0 Å². The average molecular weight is 331 g/mol. The fourth-order valence-electron chi connectivity index (χ4n) is 1.84. The fraction of sp³-hybridized carbons (Fsp3) is 0.0625. The molecule has 6 heteroatoms. The Balaban J connectivity index is 1.68. The first kappa shape index (κ1) is 14.7. The van der Waals surface area contributed by atoms with Gasteiger partial charge in [-0.1, -0.05) is 29.8 Å². The molecule has 1 aromatic carbocycles. The highest BCUT2D eigenvalue weighted by atomic mass is 35.5. The SMILES string of the molecule is O=C(OCc1csc(-c2ccccc2Cl)n1)c1cccnc1. The highest BCUT2D eigenvalue weighted by molar-refractivity contribution is 7.13. The molecule has 4 nitrogen and oxygen atoms in total. The number of pyridine rings is 1. The molecule has 0 saturated carbocycles. The van der Waals surface area contributed by atoms with Crippen molar-refractivity contribution < 1.29 is 9.53 Å². The molecule has 0 fully saturated rings. The summed E-state index contributed by atoms with van der Waals surface area (Å²) in [6, 6.07) is 10.9. The first-order chi connectivity index (χ1) is 10.7. The number of nitrogens with zero attached hydrogens (tertiary/aromatic N) is 2. The first-order valence-electron chi connectivity index (χ1n) is 6.50. The molecule has 110 valence electrons. The van der Waals surface area contributed by atoms with Crippen LogP contribution in [0.15, 0.2) is 54.2 Å². The largest absolute Gasteiger partial charge is 0.456 e. The van der Waals surface area contributed by atoms with E-state index in [1.165, 1.54) is 17.5 Å². The van der Waals surface area contributed by atoms with E-state index >= 15 is 0 Å². The van der Waals surface area contributed by atoms with Crippen LogP contribution >= 0.6 is 22.9 Å². The molecule has 0 saturated heterocycles. The summed E-state index contributed by atoms with van der Waals surface area (Å²) in [4.78, 5) is 20.2. The molecule has 22 heavy (non-hydrogen) atoms. The summed E-state index contributed by atoms with van der Waals surface area (Å²) in [5.74, 6) is -0.416. The van der Waals surface area contributed by atoms with Crippen LogP contribution in [0, 0.1) is 0 Å². The summed E-state index contributed by atoms with van der Waals surface area (Å²) in [5.41, 5.74) is 1.99. The van der Waals surface area contributed by atoms with Crippen LogP contribution in [0.2, 0.25) is 5.02 Å². The van der Waals surface area contributed by atoms with Crippen molar-refractivity contribution in [3.05, 3.63) is 70.5 Å². The predicted molar refractivity (Wildman–Crippen MR) is 85.9 cm³/mol. The predicted octanol–water partition coefficient (Wildman–Crippen LogP) is 4.22. The van der Waals surface area contributed by atoms with Crippen LogP contribution in [0.4, 0.5) is 0 Å². The third-order valence-electron chi connectivity index (χ3n) is 2.90. The van der Waals surface area contributed by atoms with Gasteiger partial charge < -0.3 is 4.74 Å². The van der Waals surface area contributed by atoms with Crippen molar-refractivity contribution in [2.24, 2.45) is 0 Å². The molecule has 0 aliphatic heterocycles. The van der Waals surface area contributed by atoms with Gasteiger partial charge in [-0.3, -0.25) is 4.98 Å². The second-order valence-corrected chi connectivity index (χ2v) is 5.71. The Morgan fingerprint density at radius 2 is 2.09 bits per heavy atom. The lowest BCUT2D eigenvalue weighted by Gasteiger charge is -2.02. The lowest BCUT2D eigenvalue weighted by molar-refractivity contribution is 0.0468. The third-order valence-corrected chi connectivity index (χ3v) is 4.16. The monoisotopic (exact) mass is 330 g/mol. The van der Waals surface area contributed by atoms with Crippen LogP contribution in [0.1, 0.15) is 16.1 Å². The van der Waals surface area contributed by atoms with Gasteiger partial charge >= 0.3 is 5.97 Å². The maximum Gasteiger partial charge on any atom is 0.340 e. The van der Waals surface area contributed by atoms with Gasteiger partial charge in [-0.15, -0.1) is 11.3 Å². The zero-order chi connectivity index (χ0) is 15.4. The van der Waals surface area contributed by atoms with E-state index < -0.39 is 5.97 Å². The number of thiazole rings is 1. The number of hydrogen-bond acceptors (Lipinski definition) is 5. The van der Waals surface area contributed by atoms with E-state index in [2.05, 4.69) is 9.97 Å². The van der Waals surface area contributed by atoms with E-state index in [0.29, 0.717) is 16.3 Å². The molecule has 0 aliphatic rings. The van der Waals surface area contributed by atoms with Gasteiger partial charge in [0.1, 0.15) is 11.6 Å². The van der Waals surface area contributed by atoms with Crippen LogP contribution in [-0.4, -0.2) is 15.9 Å². The molecule has 0 bridgehead atoms. The van der Waals surface area contributed by atoms with Crippen molar-refractivity contribution >= 4 is 28.9 Å². The number of rotatable bonds is 4. The minimum Gasteiger partial charge on any atom is -0.456 e. The molecule has 0 aliphatic carbocycles. The Kier molecular flexibility index (Phi) is 4.46. The van der Waals surface area contributed by atoms with E-state index in [1.807, 2.05) is 29.6 Å². The van der Waals surface area contributed by atoms with E-state index in [1.54, 1.807) is 18.3 Å². The third kappa shape index (κ3) is 3.32. The van der Waals surface area contributed by atoms with Crippen LogP contribution < -0.4 is 0 Å². The van der Waals surface area contributed by atoms with Gasteiger partial charge in [0.05, 0.1) is 16.3 Å². The highest BCUT2D eigenvalue weighted by Crippen LogP contribution is 2.30. The molecule has 0 amide bonds. The molecule has 3 rings (SSSR count). The van der Waals surface area contributed by atoms with E-state index in [-0.39, 0.29) is 6.61 Å². The van der Waals surface area contributed by atoms with Crippen molar-refractivity contribution in [2.75, 3.05) is 0 Å². The number of esters is 1. The summed E-state index contributed by atoms with van der Waals surface area (Å²) in [6.07, 6.45) is 3.08. The summed E-state index contributed by atoms with van der Waals surface area (Å²) in [7, 11) is 0. The maximum absolute atomic E-state index is 11.8. The molecular weight excluding hydrogens is 320 g/mol. The average Bonchev–Trinajstić information content (AvgIpc) is 3.02.